The summed E-state index contributed by atoms with van der Waals surface area (Å²) in [5.74, 6) is -0.577. The quantitative estimate of drug-likeness (QED) is 0.725. The predicted octanol–water partition coefficient (Wildman–Crippen LogP) is 1.90. The number of pyridine rings is 1. The van der Waals surface area contributed by atoms with Crippen molar-refractivity contribution in [2.24, 2.45) is 0 Å². The second-order valence-electron chi connectivity index (χ2n) is 2.44. The molecule has 0 saturated carbocycles. The zero-order chi connectivity index (χ0) is 10.0. The van der Waals surface area contributed by atoms with Crippen molar-refractivity contribution in [2.75, 3.05) is 0 Å². The van der Waals surface area contributed by atoms with Crippen LogP contribution in [0.15, 0.2) is 6.20 Å². The molecule has 13 heavy (non-hydrogen) atoms. The minimum absolute atomic E-state index is 0.0255. The first-order valence-corrected chi connectivity index (χ1v) is 3.44. The SMILES string of the molecule is Cc1c(C#N)ncc(O)c1C(F)F. The van der Waals surface area contributed by atoms with Gasteiger partial charge in [-0.05, 0) is 12.5 Å². The lowest BCUT2D eigenvalue weighted by Crippen LogP contribution is -1.96. The van der Waals surface area contributed by atoms with Crippen molar-refractivity contribution >= 4 is 0 Å². The van der Waals surface area contributed by atoms with Gasteiger partial charge in [-0.2, -0.15) is 5.26 Å². The van der Waals surface area contributed by atoms with Gasteiger partial charge in [-0.3, -0.25) is 0 Å². The van der Waals surface area contributed by atoms with E-state index in [2.05, 4.69) is 4.98 Å². The van der Waals surface area contributed by atoms with Gasteiger partial charge in [0.25, 0.3) is 6.43 Å². The van der Waals surface area contributed by atoms with Gasteiger partial charge in [0.05, 0.1) is 11.8 Å². The molecule has 0 atom stereocenters. The summed E-state index contributed by atoms with van der Waals surface area (Å²) in [7, 11) is 0. The molecule has 0 fully saturated rings. The zero-order valence-corrected chi connectivity index (χ0v) is 6.75. The molecule has 68 valence electrons. The minimum Gasteiger partial charge on any atom is -0.506 e. The van der Waals surface area contributed by atoms with E-state index in [0.717, 1.165) is 6.20 Å². The number of halogens is 2. The van der Waals surface area contributed by atoms with Gasteiger partial charge in [0, 0.05) is 0 Å². The van der Waals surface area contributed by atoms with Crippen LogP contribution >= 0.6 is 0 Å². The van der Waals surface area contributed by atoms with E-state index < -0.39 is 17.7 Å². The van der Waals surface area contributed by atoms with Gasteiger partial charge in [0.2, 0.25) is 0 Å². The molecule has 1 aromatic rings. The van der Waals surface area contributed by atoms with Gasteiger partial charge >= 0.3 is 0 Å². The van der Waals surface area contributed by atoms with Crippen molar-refractivity contribution in [3.05, 3.63) is 23.0 Å². The maximum Gasteiger partial charge on any atom is 0.267 e. The zero-order valence-electron chi connectivity index (χ0n) is 6.75. The monoisotopic (exact) mass is 184 g/mol. The van der Waals surface area contributed by atoms with Crippen LogP contribution in [0.5, 0.6) is 5.75 Å². The van der Waals surface area contributed by atoms with Gasteiger partial charge in [-0.25, -0.2) is 13.8 Å². The van der Waals surface area contributed by atoms with Crippen molar-refractivity contribution in [3.8, 4) is 11.8 Å². The van der Waals surface area contributed by atoms with E-state index in [0.29, 0.717) is 0 Å². The number of nitrogens with zero attached hydrogens (tertiary/aromatic N) is 2. The largest absolute Gasteiger partial charge is 0.506 e. The van der Waals surface area contributed by atoms with Gasteiger partial charge in [0.1, 0.15) is 17.5 Å². The van der Waals surface area contributed by atoms with Crippen LogP contribution in [0.3, 0.4) is 0 Å². The summed E-state index contributed by atoms with van der Waals surface area (Å²) < 4.78 is 24.6. The van der Waals surface area contributed by atoms with Crippen LogP contribution in [0.1, 0.15) is 23.2 Å². The second-order valence-corrected chi connectivity index (χ2v) is 2.44. The number of aromatic nitrogens is 1. The third-order valence-corrected chi connectivity index (χ3v) is 1.68. The molecule has 0 amide bonds. The smallest absolute Gasteiger partial charge is 0.267 e. The summed E-state index contributed by atoms with van der Waals surface area (Å²) >= 11 is 0. The van der Waals surface area contributed by atoms with Crippen molar-refractivity contribution in [3.63, 3.8) is 0 Å². The Morgan fingerprint density at radius 1 is 1.62 bits per heavy atom. The number of rotatable bonds is 1. The number of hydrogen-bond donors (Lipinski definition) is 1. The molecule has 0 aliphatic rings. The van der Waals surface area contributed by atoms with Crippen LogP contribution in [-0.2, 0) is 0 Å². The van der Waals surface area contributed by atoms with E-state index in [-0.39, 0.29) is 11.3 Å². The Morgan fingerprint density at radius 3 is 2.69 bits per heavy atom. The molecular formula is C8H6F2N2O. The van der Waals surface area contributed by atoms with E-state index in [1.54, 1.807) is 6.07 Å². The average molecular weight is 184 g/mol. The Bertz CT molecular complexity index is 371. The average Bonchev–Trinajstić information content (AvgIpc) is 2.04. The Balaban J connectivity index is 3.41. The summed E-state index contributed by atoms with van der Waals surface area (Å²) in [6, 6.07) is 1.66. The molecule has 0 aliphatic carbocycles. The lowest BCUT2D eigenvalue weighted by molar-refractivity contribution is 0.146. The van der Waals surface area contributed by atoms with E-state index in [4.69, 9.17) is 10.4 Å². The Hall–Kier alpha value is -1.70. The molecule has 0 aromatic carbocycles. The predicted molar refractivity (Wildman–Crippen MR) is 40.3 cm³/mol. The number of nitriles is 1. The first-order chi connectivity index (χ1) is 6.07. The number of hydrogen-bond acceptors (Lipinski definition) is 3. The summed E-state index contributed by atoms with van der Waals surface area (Å²) in [6.07, 6.45) is -1.94. The van der Waals surface area contributed by atoms with E-state index in [1.807, 2.05) is 0 Å². The Morgan fingerprint density at radius 2 is 2.23 bits per heavy atom. The van der Waals surface area contributed by atoms with Crippen LogP contribution in [0.2, 0.25) is 0 Å². The van der Waals surface area contributed by atoms with E-state index in [1.165, 1.54) is 6.92 Å². The fourth-order valence-electron chi connectivity index (χ4n) is 1.000. The molecule has 5 heteroatoms. The van der Waals surface area contributed by atoms with Crippen LogP contribution in [-0.4, -0.2) is 10.1 Å². The molecule has 3 nitrogen and oxygen atoms in total. The van der Waals surface area contributed by atoms with Crippen LogP contribution in [0.4, 0.5) is 8.78 Å². The van der Waals surface area contributed by atoms with Gasteiger partial charge in [0.15, 0.2) is 0 Å². The standard InChI is InChI=1S/C8H6F2N2O/c1-4-5(2-11)12-3-6(13)7(4)8(9)10/h3,8,13H,1H3. The molecule has 1 N–H and O–H groups in total. The van der Waals surface area contributed by atoms with Crippen LogP contribution in [0.25, 0.3) is 0 Å². The van der Waals surface area contributed by atoms with Crippen LogP contribution < -0.4 is 0 Å². The molecule has 0 aliphatic heterocycles. The fourth-order valence-corrected chi connectivity index (χ4v) is 1.000. The van der Waals surface area contributed by atoms with Crippen molar-refractivity contribution in [1.82, 2.24) is 4.98 Å². The molecule has 1 heterocycles. The maximum atomic E-state index is 12.3. The third kappa shape index (κ3) is 1.56. The Kier molecular flexibility index (Phi) is 2.42. The highest BCUT2D eigenvalue weighted by Crippen LogP contribution is 2.31. The van der Waals surface area contributed by atoms with Gasteiger partial charge in [-0.1, -0.05) is 0 Å². The van der Waals surface area contributed by atoms with Crippen molar-refractivity contribution in [2.45, 2.75) is 13.3 Å². The molecule has 0 spiro atoms. The molecule has 1 aromatic heterocycles. The molecular weight excluding hydrogens is 178 g/mol. The normalized spacial score (nSPS) is 10.1. The van der Waals surface area contributed by atoms with Crippen molar-refractivity contribution in [1.29, 1.82) is 5.26 Å². The summed E-state index contributed by atoms with van der Waals surface area (Å²) in [4.78, 5) is 3.49. The second kappa shape index (κ2) is 3.35. The fraction of sp³-hybridized carbons (Fsp3) is 0.250. The lowest BCUT2D eigenvalue weighted by atomic mass is 10.1. The summed E-state index contributed by atoms with van der Waals surface area (Å²) in [5, 5.41) is 17.5. The molecule has 0 unspecified atom stereocenters. The summed E-state index contributed by atoms with van der Waals surface area (Å²) in [6.45, 7) is 1.33. The first-order valence-electron chi connectivity index (χ1n) is 3.44. The van der Waals surface area contributed by atoms with Gasteiger partial charge in [-0.15, -0.1) is 0 Å². The molecule has 0 bridgehead atoms. The highest BCUT2D eigenvalue weighted by molar-refractivity contribution is 5.44. The number of alkyl halides is 2. The third-order valence-electron chi connectivity index (χ3n) is 1.68. The minimum atomic E-state index is -2.80. The maximum absolute atomic E-state index is 12.3. The molecule has 0 saturated heterocycles. The highest BCUT2D eigenvalue weighted by Gasteiger charge is 2.18. The van der Waals surface area contributed by atoms with Gasteiger partial charge < -0.3 is 5.11 Å². The lowest BCUT2D eigenvalue weighted by Gasteiger charge is -2.06. The molecule has 0 radical (unpaired) electrons. The highest BCUT2D eigenvalue weighted by atomic mass is 19.3. The summed E-state index contributed by atoms with van der Waals surface area (Å²) in [5.41, 5.74) is -0.586. The van der Waals surface area contributed by atoms with E-state index in [9.17, 15) is 8.78 Å². The van der Waals surface area contributed by atoms with Crippen LogP contribution in [0, 0.1) is 18.3 Å². The Labute approximate surface area is 73.3 Å². The topological polar surface area (TPSA) is 56.9 Å². The number of aromatic hydroxyl groups is 1. The molecule has 1 rings (SSSR count). The van der Waals surface area contributed by atoms with E-state index >= 15 is 0 Å². The van der Waals surface area contributed by atoms with Crippen molar-refractivity contribution < 1.29 is 13.9 Å². The first kappa shape index (κ1) is 9.39.